The second-order valence-corrected chi connectivity index (χ2v) is 5.22. The number of hydrogen-bond acceptors (Lipinski definition) is 4. The number of aromatic nitrogens is 3. The van der Waals surface area contributed by atoms with E-state index in [4.69, 9.17) is 10.5 Å². The Morgan fingerprint density at radius 3 is 3.00 bits per heavy atom. The number of hydrogen-bond donors (Lipinski definition) is 1. The summed E-state index contributed by atoms with van der Waals surface area (Å²) < 4.78 is 7.93. The first-order valence-corrected chi connectivity index (χ1v) is 7.16. The van der Waals surface area contributed by atoms with Crippen LogP contribution in [0.3, 0.4) is 0 Å². The van der Waals surface area contributed by atoms with Gasteiger partial charge in [0, 0.05) is 24.9 Å². The van der Waals surface area contributed by atoms with E-state index in [-0.39, 0.29) is 0 Å². The Morgan fingerprint density at radius 1 is 1.30 bits per heavy atom. The van der Waals surface area contributed by atoms with E-state index in [0.717, 1.165) is 30.8 Å². The Kier molecular flexibility index (Phi) is 3.97. The monoisotopic (exact) mass is 272 g/mol. The summed E-state index contributed by atoms with van der Waals surface area (Å²) in [5.41, 5.74) is 7.74. The van der Waals surface area contributed by atoms with E-state index in [0.29, 0.717) is 11.9 Å². The molecule has 5 nitrogen and oxygen atoms in total. The van der Waals surface area contributed by atoms with Crippen LogP contribution < -0.4 is 5.73 Å². The average molecular weight is 272 g/mol. The topological polar surface area (TPSA) is 66.0 Å². The molecule has 1 aliphatic heterocycles. The van der Waals surface area contributed by atoms with E-state index in [2.05, 4.69) is 14.5 Å². The smallest absolute Gasteiger partial charge is 0.123 e. The Hall–Kier alpha value is -1.88. The van der Waals surface area contributed by atoms with E-state index in [1.165, 1.54) is 19.3 Å². The predicted molar refractivity (Wildman–Crippen MR) is 78.1 cm³/mol. The van der Waals surface area contributed by atoms with Crippen molar-refractivity contribution in [2.24, 2.45) is 0 Å². The van der Waals surface area contributed by atoms with E-state index in [9.17, 15) is 0 Å². The van der Waals surface area contributed by atoms with Crippen LogP contribution in [-0.2, 0) is 11.3 Å². The quantitative estimate of drug-likeness (QED) is 0.928. The van der Waals surface area contributed by atoms with Gasteiger partial charge in [-0.1, -0.05) is 0 Å². The highest BCUT2D eigenvalue weighted by Crippen LogP contribution is 2.21. The Labute approximate surface area is 118 Å². The molecule has 1 atom stereocenters. The van der Waals surface area contributed by atoms with Gasteiger partial charge in [0.25, 0.3) is 0 Å². The fourth-order valence-corrected chi connectivity index (χ4v) is 2.61. The van der Waals surface area contributed by atoms with Crippen molar-refractivity contribution in [1.29, 1.82) is 0 Å². The number of pyridine rings is 1. The molecule has 106 valence electrons. The zero-order chi connectivity index (χ0) is 13.8. The number of nitrogen functional groups attached to an aromatic ring is 1. The summed E-state index contributed by atoms with van der Waals surface area (Å²) >= 11 is 0. The van der Waals surface area contributed by atoms with Crippen molar-refractivity contribution in [2.75, 3.05) is 12.3 Å². The summed E-state index contributed by atoms with van der Waals surface area (Å²) in [6.45, 7) is 1.83. The Morgan fingerprint density at radius 2 is 2.25 bits per heavy atom. The molecular formula is C15H20N4O. The van der Waals surface area contributed by atoms with Gasteiger partial charge in [0.15, 0.2) is 0 Å². The molecule has 0 saturated carbocycles. The van der Waals surface area contributed by atoms with Crippen LogP contribution >= 0.6 is 0 Å². The lowest BCUT2D eigenvalue weighted by molar-refractivity contribution is 0.00887. The minimum absolute atomic E-state index is 0.392. The summed E-state index contributed by atoms with van der Waals surface area (Å²) in [6, 6.07) is 3.80. The van der Waals surface area contributed by atoms with Crippen LogP contribution in [0.15, 0.2) is 30.9 Å². The Balaban J connectivity index is 1.68. The highest BCUT2D eigenvalue weighted by atomic mass is 16.5. The minimum atomic E-state index is 0.392. The van der Waals surface area contributed by atoms with E-state index in [1.54, 1.807) is 6.20 Å². The van der Waals surface area contributed by atoms with Crippen molar-refractivity contribution >= 4 is 5.82 Å². The maximum absolute atomic E-state index is 5.77. The molecule has 1 aliphatic rings. The molecular weight excluding hydrogens is 252 g/mol. The van der Waals surface area contributed by atoms with Crippen LogP contribution in [0.4, 0.5) is 5.82 Å². The molecule has 0 aliphatic carbocycles. The molecule has 3 heterocycles. The third-order valence-corrected chi connectivity index (χ3v) is 3.76. The number of anilines is 1. The third kappa shape index (κ3) is 2.99. The van der Waals surface area contributed by atoms with Gasteiger partial charge in [-0.25, -0.2) is 9.97 Å². The fraction of sp³-hybridized carbons (Fsp3) is 0.467. The molecule has 1 unspecified atom stereocenters. The van der Waals surface area contributed by atoms with Crippen molar-refractivity contribution in [1.82, 2.24) is 14.5 Å². The van der Waals surface area contributed by atoms with Gasteiger partial charge in [-0.15, -0.1) is 0 Å². The van der Waals surface area contributed by atoms with Crippen LogP contribution in [0.2, 0.25) is 0 Å². The number of imidazole rings is 1. The van der Waals surface area contributed by atoms with Crippen LogP contribution in [0, 0.1) is 0 Å². The molecule has 2 N–H and O–H groups in total. The van der Waals surface area contributed by atoms with Gasteiger partial charge < -0.3 is 15.0 Å². The molecule has 0 spiro atoms. The van der Waals surface area contributed by atoms with Gasteiger partial charge in [0.1, 0.15) is 5.82 Å². The first-order chi connectivity index (χ1) is 9.83. The lowest BCUT2D eigenvalue weighted by Crippen LogP contribution is -2.20. The molecule has 1 saturated heterocycles. The van der Waals surface area contributed by atoms with Crippen molar-refractivity contribution in [3.8, 4) is 11.3 Å². The number of nitrogens with zero attached hydrogens (tertiary/aromatic N) is 3. The highest BCUT2D eigenvalue weighted by Gasteiger charge is 2.14. The number of aryl methyl sites for hydroxylation is 1. The van der Waals surface area contributed by atoms with Gasteiger partial charge >= 0.3 is 0 Å². The summed E-state index contributed by atoms with van der Waals surface area (Å²) in [7, 11) is 0. The maximum Gasteiger partial charge on any atom is 0.123 e. The molecule has 0 aromatic carbocycles. The largest absolute Gasteiger partial charge is 0.384 e. The maximum atomic E-state index is 5.77. The number of rotatable bonds is 4. The Bertz CT molecular complexity index is 543. The minimum Gasteiger partial charge on any atom is -0.384 e. The zero-order valence-corrected chi connectivity index (χ0v) is 11.5. The lowest BCUT2D eigenvalue weighted by atomic mass is 10.1. The molecule has 20 heavy (non-hydrogen) atoms. The molecule has 0 radical (unpaired) electrons. The van der Waals surface area contributed by atoms with Gasteiger partial charge in [-0.05, 0) is 37.8 Å². The van der Waals surface area contributed by atoms with E-state index < -0.39 is 0 Å². The van der Waals surface area contributed by atoms with Gasteiger partial charge in [-0.3, -0.25) is 0 Å². The second kappa shape index (κ2) is 6.05. The van der Waals surface area contributed by atoms with Crippen LogP contribution in [0.25, 0.3) is 11.3 Å². The molecule has 3 rings (SSSR count). The lowest BCUT2D eigenvalue weighted by Gasteiger charge is -2.22. The van der Waals surface area contributed by atoms with Crippen LogP contribution in [0.1, 0.15) is 25.7 Å². The molecule has 0 bridgehead atoms. The SMILES string of the molecule is Nc1ccc(-c2cncn2CCC2CCCCO2)cn1. The summed E-state index contributed by atoms with van der Waals surface area (Å²) in [5, 5.41) is 0. The number of nitrogens with two attached hydrogens (primary N) is 1. The molecule has 2 aromatic rings. The normalized spacial score (nSPS) is 19.1. The average Bonchev–Trinajstić information content (AvgIpc) is 2.95. The first kappa shape index (κ1) is 13.1. The van der Waals surface area contributed by atoms with Gasteiger partial charge in [0.2, 0.25) is 0 Å². The van der Waals surface area contributed by atoms with Gasteiger partial charge in [-0.2, -0.15) is 0 Å². The molecule has 5 heteroatoms. The fourth-order valence-electron chi connectivity index (χ4n) is 2.61. The van der Waals surface area contributed by atoms with Crippen molar-refractivity contribution < 1.29 is 4.74 Å². The zero-order valence-electron chi connectivity index (χ0n) is 11.5. The van der Waals surface area contributed by atoms with E-state index in [1.807, 2.05) is 24.7 Å². The summed E-state index contributed by atoms with van der Waals surface area (Å²) in [4.78, 5) is 8.39. The first-order valence-electron chi connectivity index (χ1n) is 7.16. The standard InChI is InChI=1S/C15H20N4O/c16-15-5-4-12(9-18-15)14-10-17-11-19(14)7-6-13-3-1-2-8-20-13/h4-5,9-11,13H,1-3,6-8H2,(H2,16,18). The summed E-state index contributed by atoms with van der Waals surface area (Å²) in [5.74, 6) is 0.537. The molecule has 1 fully saturated rings. The van der Waals surface area contributed by atoms with Crippen molar-refractivity contribution in [3.63, 3.8) is 0 Å². The highest BCUT2D eigenvalue weighted by molar-refractivity contribution is 5.59. The second-order valence-electron chi connectivity index (χ2n) is 5.22. The van der Waals surface area contributed by atoms with Crippen molar-refractivity contribution in [2.45, 2.75) is 38.3 Å². The third-order valence-electron chi connectivity index (χ3n) is 3.76. The predicted octanol–water partition coefficient (Wildman–Crippen LogP) is 2.49. The number of ether oxygens (including phenoxy) is 1. The van der Waals surface area contributed by atoms with E-state index >= 15 is 0 Å². The van der Waals surface area contributed by atoms with Crippen molar-refractivity contribution in [3.05, 3.63) is 30.9 Å². The van der Waals surface area contributed by atoms with Crippen LogP contribution in [0.5, 0.6) is 0 Å². The summed E-state index contributed by atoms with van der Waals surface area (Å²) in [6.07, 6.45) is 10.6. The van der Waals surface area contributed by atoms with Crippen LogP contribution in [-0.4, -0.2) is 27.2 Å². The molecule has 2 aromatic heterocycles. The van der Waals surface area contributed by atoms with Gasteiger partial charge in [0.05, 0.1) is 24.3 Å². The molecule has 0 amide bonds.